The Morgan fingerprint density at radius 3 is 2.75 bits per heavy atom. The number of rotatable bonds is 9. The van der Waals surface area contributed by atoms with Crippen molar-refractivity contribution in [3.05, 3.63) is 63.7 Å². The Morgan fingerprint density at radius 2 is 1.97 bits per heavy atom. The molecule has 0 aliphatic carbocycles. The molecule has 2 amide bonds. The van der Waals surface area contributed by atoms with Gasteiger partial charge >= 0.3 is 5.97 Å². The van der Waals surface area contributed by atoms with Crippen LogP contribution in [0.2, 0.25) is 5.02 Å². The van der Waals surface area contributed by atoms with Crippen molar-refractivity contribution in [2.45, 2.75) is 13.5 Å². The molecule has 0 radical (unpaired) electrons. The number of halogens is 1. The number of hydrogen-bond donors (Lipinski definition) is 1. The van der Waals surface area contributed by atoms with Crippen molar-refractivity contribution in [3.63, 3.8) is 0 Å². The minimum absolute atomic E-state index is 0.00889. The van der Waals surface area contributed by atoms with E-state index in [2.05, 4.69) is 15.3 Å². The van der Waals surface area contributed by atoms with Crippen molar-refractivity contribution in [2.75, 3.05) is 23.4 Å². The molecule has 0 saturated carbocycles. The molecule has 0 saturated heterocycles. The molecule has 186 valence electrons. The lowest BCUT2D eigenvalue weighted by Gasteiger charge is -2.05. The van der Waals surface area contributed by atoms with Gasteiger partial charge in [-0.3, -0.25) is 14.4 Å². The summed E-state index contributed by atoms with van der Waals surface area (Å²) in [4.78, 5) is 45.9. The zero-order valence-corrected chi connectivity index (χ0v) is 22.3. The first kappa shape index (κ1) is 26.1. The molecule has 4 aromatic rings. The molecular weight excluding hydrogens is 540 g/mol. The quantitative estimate of drug-likeness (QED) is 0.294. The highest BCUT2D eigenvalue weighted by atomic mass is 35.5. The number of thioether (sulfide) groups is 1. The third kappa shape index (κ3) is 6.82. The summed E-state index contributed by atoms with van der Waals surface area (Å²) >= 11 is 9.84. The number of aromatic nitrogens is 2. The molecule has 0 spiro atoms. The van der Waals surface area contributed by atoms with Crippen LogP contribution in [0.3, 0.4) is 0 Å². The van der Waals surface area contributed by atoms with E-state index >= 15 is 0 Å². The van der Waals surface area contributed by atoms with Crippen molar-refractivity contribution in [3.8, 4) is 11.3 Å². The van der Waals surface area contributed by atoms with Gasteiger partial charge in [0.1, 0.15) is 6.54 Å². The molecule has 12 heteroatoms. The molecule has 4 rings (SSSR count). The predicted molar refractivity (Wildman–Crippen MR) is 146 cm³/mol. The summed E-state index contributed by atoms with van der Waals surface area (Å²) in [6.07, 6.45) is 0. The van der Waals surface area contributed by atoms with Crippen LogP contribution in [-0.4, -0.2) is 45.4 Å². The van der Waals surface area contributed by atoms with Crippen molar-refractivity contribution in [2.24, 2.45) is 4.99 Å². The second kappa shape index (κ2) is 12.3. The summed E-state index contributed by atoms with van der Waals surface area (Å²) in [6.45, 7) is 1.91. The van der Waals surface area contributed by atoms with Gasteiger partial charge in [-0.2, -0.15) is 4.99 Å². The number of anilines is 1. The maximum absolute atomic E-state index is 12.5. The molecule has 1 N–H and O–H groups in total. The van der Waals surface area contributed by atoms with Gasteiger partial charge < -0.3 is 14.6 Å². The lowest BCUT2D eigenvalue weighted by Crippen LogP contribution is -2.23. The predicted octanol–water partition coefficient (Wildman–Crippen LogP) is 4.84. The molecule has 0 unspecified atom stereocenters. The lowest BCUT2D eigenvalue weighted by atomic mass is 10.2. The number of nitrogens with one attached hydrogen (secondary N) is 1. The Hall–Kier alpha value is -2.99. The molecule has 0 atom stereocenters. The maximum atomic E-state index is 12.5. The van der Waals surface area contributed by atoms with E-state index in [1.165, 1.54) is 22.7 Å². The number of nitrogens with zero attached hydrogens (tertiary/aromatic N) is 3. The van der Waals surface area contributed by atoms with E-state index in [0.29, 0.717) is 15.0 Å². The summed E-state index contributed by atoms with van der Waals surface area (Å²) in [5.41, 5.74) is 2.49. The topological polar surface area (TPSA) is 103 Å². The third-order valence-corrected chi connectivity index (χ3v) is 7.69. The molecule has 36 heavy (non-hydrogen) atoms. The largest absolute Gasteiger partial charge is 0.465 e. The van der Waals surface area contributed by atoms with Crippen LogP contribution in [0.1, 0.15) is 6.92 Å². The average molecular weight is 561 g/mol. The van der Waals surface area contributed by atoms with Gasteiger partial charge in [0.2, 0.25) is 5.91 Å². The first-order valence-electron chi connectivity index (χ1n) is 10.8. The Kier molecular flexibility index (Phi) is 8.92. The Labute approximate surface area is 224 Å². The van der Waals surface area contributed by atoms with E-state index in [1.54, 1.807) is 29.7 Å². The number of thiazole rings is 2. The highest BCUT2D eigenvalue weighted by molar-refractivity contribution is 8.00. The van der Waals surface area contributed by atoms with Crippen LogP contribution in [0.4, 0.5) is 5.13 Å². The lowest BCUT2D eigenvalue weighted by molar-refractivity contribution is -0.143. The van der Waals surface area contributed by atoms with Gasteiger partial charge in [-0.05, 0) is 25.1 Å². The van der Waals surface area contributed by atoms with E-state index in [0.717, 1.165) is 33.2 Å². The summed E-state index contributed by atoms with van der Waals surface area (Å²) < 4.78 is 7.48. The van der Waals surface area contributed by atoms with Crippen molar-refractivity contribution in [1.29, 1.82) is 0 Å². The Morgan fingerprint density at radius 1 is 1.17 bits per heavy atom. The van der Waals surface area contributed by atoms with Gasteiger partial charge in [0.05, 0.1) is 34.0 Å². The second-order valence-electron chi connectivity index (χ2n) is 7.34. The van der Waals surface area contributed by atoms with Crippen molar-refractivity contribution < 1.29 is 19.1 Å². The summed E-state index contributed by atoms with van der Waals surface area (Å²) in [6, 6.07) is 14.9. The van der Waals surface area contributed by atoms with Crippen molar-refractivity contribution >= 4 is 79.2 Å². The number of benzene rings is 2. The first-order valence-corrected chi connectivity index (χ1v) is 14.1. The van der Waals surface area contributed by atoms with Gasteiger partial charge in [0.25, 0.3) is 5.91 Å². The molecular formula is C24H21ClN4O4S3. The zero-order valence-electron chi connectivity index (χ0n) is 19.1. The van der Waals surface area contributed by atoms with Gasteiger partial charge in [-0.15, -0.1) is 23.1 Å². The van der Waals surface area contributed by atoms with Crippen LogP contribution in [0.25, 0.3) is 21.5 Å². The Bertz CT molecular complexity index is 1460. The zero-order chi connectivity index (χ0) is 25.5. The number of carbonyl (C=O) groups excluding carboxylic acids is 3. The van der Waals surface area contributed by atoms with Crippen LogP contribution in [-0.2, 0) is 25.7 Å². The number of amides is 2. The highest BCUT2D eigenvalue weighted by Crippen LogP contribution is 2.25. The van der Waals surface area contributed by atoms with Gasteiger partial charge in [0, 0.05) is 16.0 Å². The normalized spacial score (nSPS) is 11.6. The minimum Gasteiger partial charge on any atom is -0.465 e. The maximum Gasteiger partial charge on any atom is 0.326 e. The fraction of sp³-hybridized carbons (Fsp3) is 0.208. The van der Waals surface area contributed by atoms with Crippen molar-refractivity contribution in [1.82, 2.24) is 9.55 Å². The standard InChI is InChI=1S/C24H21ClN4O4S3/c1-2-33-22(32)11-29-18-9-8-16(25)10-19(18)36-24(29)28-21(31)14-34-13-20(30)27-23-26-17(12-35-23)15-6-4-3-5-7-15/h3-10,12H,2,11,13-14H2,1H3,(H,26,27,30). The van der Waals surface area contributed by atoms with Gasteiger partial charge in [-0.25, -0.2) is 4.98 Å². The molecule has 0 aliphatic rings. The number of ether oxygens (including phenoxy) is 1. The van der Waals surface area contributed by atoms with E-state index in [9.17, 15) is 14.4 Å². The molecule has 0 aliphatic heterocycles. The average Bonchev–Trinajstić information content (AvgIpc) is 3.44. The molecule has 0 fully saturated rings. The SMILES string of the molecule is CCOC(=O)Cn1c(=NC(=O)CSCC(=O)Nc2nc(-c3ccccc3)cs2)sc2cc(Cl)ccc21. The van der Waals surface area contributed by atoms with E-state index < -0.39 is 11.9 Å². The van der Waals surface area contributed by atoms with Crippen LogP contribution >= 0.6 is 46.0 Å². The van der Waals surface area contributed by atoms with Crippen LogP contribution in [0.15, 0.2) is 58.9 Å². The number of esters is 1. The fourth-order valence-corrected chi connectivity index (χ4v) is 5.88. The van der Waals surface area contributed by atoms with Gasteiger partial charge in [-0.1, -0.05) is 53.3 Å². The van der Waals surface area contributed by atoms with E-state index in [-0.39, 0.29) is 30.6 Å². The summed E-state index contributed by atoms with van der Waals surface area (Å²) in [5, 5.41) is 5.68. The molecule has 0 bridgehead atoms. The van der Waals surface area contributed by atoms with Crippen LogP contribution < -0.4 is 10.1 Å². The second-order valence-corrected chi connectivity index (χ2v) is 10.6. The van der Waals surface area contributed by atoms with E-state index in [1.807, 2.05) is 35.7 Å². The molecule has 8 nitrogen and oxygen atoms in total. The highest BCUT2D eigenvalue weighted by Gasteiger charge is 2.14. The minimum atomic E-state index is -0.426. The van der Waals surface area contributed by atoms with Gasteiger partial charge in [0.15, 0.2) is 9.93 Å². The fourth-order valence-electron chi connectivity index (χ4n) is 3.22. The van der Waals surface area contributed by atoms with E-state index in [4.69, 9.17) is 16.3 Å². The Balaban J connectivity index is 1.37. The monoisotopic (exact) mass is 560 g/mol. The molecule has 2 heterocycles. The number of carbonyl (C=O) groups is 3. The van der Waals surface area contributed by atoms with Crippen LogP contribution in [0, 0.1) is 0 Å². The number of hydrogen-bond acceptors (Lipinski definition) is 8. The number of fused-ring (bicyclic) bond motifs is 1. The summed E-state index contributed by atoms with van der Waals surface area (Å²) in [5.74, 6) is -1.01. The summed E-state index contributed by atoms with van der Waals surface area (Å²) in [7, 11) is 0. The molecule has 2 aromatic heterocycles. The van der Waals surface area contributed by atoms with Crippen LogP contribution in [0.5, 0.6) is 0 Å². The third-order valence-electron chi connectivity index (χ3n) is 4.74. The first-order chi connectivity index (χ1) is 17.4. The smallest absolute Gasteiger partial charge is 0.326 e. The molecule has 2 aromatic carbocycles.